The molecule has 1 N–H and O–H groups in total. The normalized spacial score (nSPS) is 12.6. The number of carbonyl (C=O) groups is 2. The van der Waals surface area contributed by atoms with E-state index in [9.17, 15) is 18.0 Å². The lowest BCUT2D eigenvalue weighted by Gasteiger charge is -2.32. The summed E-state index contributed by atoms with van der Waals surface area (Å²) in [7, 11) is -2.45. The molecule has 186 valence electrons. The third-order valence-corrected chi connectivity index (χ3v) is 7.46. The number of benzene rings is 2. The summed E-state index contributed by atoms with van der Waals surface area (Å²) in [5.41, 5.74) is 1.99. The van der Waals surface area contributed by atoms with Crippen molar-refractivity contribution in [3.8, 4) is 0 Å². The molecule has 0 aliphatic heterocycles. The van der Waals surface area contributed by atoms with Gasteiger partial charge in [-0.15, -0.1) is 0 Å². The van der Waals surface area contributed by atoms with Gasteiger partial charge in [0.15, 0.2) is 0 Å². The van der Waals surface area contributed by atoms with Crippen LogP contribution in [0.25, 0.3) is 0 Å². The molecule has 34 heavy (non-hydrogen) atoms. The maximum atomic E-state index is 13.4. The average molecular weight is 488 g/mol. The summed E-state index contributed by atoms with van der Waals surface area (Å²) in [6.45, 7) is 8.22. The van der Waals surface area contributed by atoms with Crippen LogP contribution in [0.1, 0.15) is 38.3 Å². The molecule has 0 saturated heterocycles. The van der Waals surface area contributed by atoms with Crippen LogP contribution in [0.3, 0.4) is 0 Å². The summed E-state index contributed by atoms with van der Waals surface area (Å²) in [5, 5.41) is 2.92. The van der Waals surface area contributed by atoms with Gasteiger partial charge in [-0.25, -0.2) is 8.42 Å². The van der Waals surface area contributed by atoms with Gasteiger partial charge in [-0.05, 0) is 43.4 Å². The van der Waals surface area contributed by atoms with E-state index in [1.54, 1.807) is 12.1 Å². The summed E-state index contributed by atoms with van der Waals surface area (Å²) >= 11 is 0. The van der Waals surface area contributed by atoms with Crippen molar-refractivity contribution in [2.75, 3.05) is 26.7 Å². The predicted octanol–water partition coefficient (Wildman–Crippen LogP) is 3.24. The Bertz CT molecular complexity index is 1040. The van der Waals surface area contributed by atoms with E-state index in [2.05, 4.69) is 5.32 Å². The second-order valence-electron chi connectivity index (χ2n) is 8.96. The van der Waals surface area contributed by atoms with Crippen LogP contribution in [0.5, 0.6) is 0 Å². The first kappa shape index (κ1) is 27.5. The number of nitrogens with one attached hydrogen (secondary N) is 1. The zero-order chi connectivity index (χ0) is 25.3. The number of nitrogens with zero attached hydrogens (tertiary/aromatic N) is 2. The van der Waals surface area contributed by atoms with E-state index < -0.39 is 22.0 Å². The number of hydrogen-bond donors (Lipinski definition) is 1. The van der Waals surface area contributed by atoms with Crippen LogP contribution in [0.2, 0.25) is 0 Å². The Hall–Kier alpha value is -2.71. The highest BCUT2D eigenvalue weighted by atomic mass is 32.2. The molecule has 0 fully saturated rings. The molecule has 0 radical (unpaired) electrons. The van der Waals surface area contributed by atoms with E-state index in [0.717, 1.165) is 15.4 Å². The van der Waals surface area contributed by atoms with E-state index in [0.29, 0.717) is 25.9 Å². The highest BCUT2D eigenvalue weighted by molar-refractivity contribution is 7.89. The average Bonchev–Trinajstić information content (AvgIpc) is 2.81. The molecular weight excluding hydrogens is 450 g/mol. The van der Waals surface area contributed by atoms with E-state index in [1.165, 1.54) is 24.1 Å². The molecule has 0 spiro atoms. The maximum Gasteiger partial charge on any atom is 0.243 e. The van der Waals surface area contributed by atoms with Gasteiger partial charge in [-0.2, -0.15) is 4.31 Å². The van der Waals surface area contributed by atoms with Crippen molar-refractivity contribution in [2.45, 2.75) is 51.5 Å². The molecule has 0 aliphatic rings. The molecule has 2 amide bonds. The third-order valence-electron chi connectivity index (χ3n) is 5.64. The van der Waals surface area contributed by atoms with Gasteiger partial charge in [0.05, 0.1) is 11.4 Å². The number of carbonyl (C=O) groups excluding carboxylic acids is 2. The molecule has 0 bridgehead atoms. The van der Waals surface area contributed by atoms with Crippen molar-refractivity contribution in [1.82, 2.24) is 14.5 Å². The van der Waals surface area contributed by atoms with Crippen molar-refractivity contribution in [3.63, 3.8) is 0 Å². The van der Waals surface area contributed by atoms with Gasteiger partial charge in [-0.3, -0.25) is 9.59 Å². The van der Waals surface area contributed by atoms with Gasteiger partial charge in [0, 0.05) is 20.1 Å². The lowest BCUT2D eigenvalue weighted by Crippen LogP contribution is -2.53. The minimum atomic E-state index is -3.84. The van der Waals surface area contributed by atoms with Crippen LogP contribution in [-0.4, -0.2) is 62.2 Å². The quantitative estimate of drug-likeness (QED) is 0.498. The van der Waals surface area contributed by atoms with Gasteiger partial charge < -0.3 is 10.2 Å². The second kappa shape index (κ2) is 12.7. The van der Waals surface area contributed by atoms with Crippen LogP contribution >= 0.6 is 0 Å². The molecule has 0 heterocycles. The van der Waals surface area contributed by atoms with Crippen molar-refractivity contribution < 1.29 is 18.0 Å². The molecule has 2 aromatic carbocycles. The van der Waals surface area contributed by atoms with Crippen molar-refractivity contribution in [3.05, 3.63) is 65.7 Å². The van der Waals surface area contributed by atoms with E-state index in [-0.39, 0.29) is 23.3 Å². The molecular formula is C26H37N3O4S. The molecule has 1 atom stereocenters. The fourth-order valence-electron chi connectivity index (χ4n) is 3.57. The Labute approximate surface area is 204 Å². The Morgan fingerprint density at radius 2 is 1.62 bits per heavy atom. The first-order valence-electron chi connectivity index (χ1n) is 11.7. The third kappa shape index (κ3) is 7.67. The van der Waals surface area contributed by atoms with Crippen LogP contribution in [0.15, 0.2) is 59.5 Å². The topological polar surface area (TPSA) is 86.8 Å². The van der Waals surface area contributed by atoms with Crippen LogP contribution in [-0.2, 0) is 26.0 Å². The van der Waals surface area contributed by atoms with Crippen LogP contribution < -0.4 is 5.32 Å². The first-order valence-corrected chi connectivity index (χ1v) is 13.1. The molecule has 8 heteroatoms. The second-order valence-corrected chi connectivity index (χ2v) is 11.0. The van der Waals surface area contributed by atoms with Gasteiger partial charge in [-0.1, -0.05) is 68.8 Å². The fourth-order valence-corrected chi connectivity index (χ4v) is 4.70. The number of likely N-dealkylation sites (N-methyl/N-ethyl adjacent to an activating group) is 1. The molecule has 0 aliphatic carbocycles. The summed E-state index contributed by atoms with van der Waals surface area (Å²) in [6, 6.07) is 15.6. The summed E-state index contributed by atoms with van der Waals surface area (Å²) in [4.78, 5) is 28.0. The fraction of sp³-hybridized carbons (Fsp3) is 0.462. The molecule has 0 aromatic heterocycles. The molecule has 2 rings (SSSR count). The number of amides is 2. The largest absolute Gasteiger partial charge is 0.354 e. The zero-order valence-electron chi connectivity index (χ0n) is 20.8. The lowest BCUT2D eigenvalue weighted by atomic mass is 10.1. The first-order chi connectivity index (χ1) is 16.1. The minimum absolute atomic E-state index is 0.131. The Balaban J connectivity index is 2.23. The van der Waals surface area contributed by atoms with Gasteiger partial charge >= 0.3 is 0 Å². The molecule has 7 nitrogen and oxygen atoms in total. The maximum absolute atomic E-state index is 13.4. The van der Waals surface area contributed by atoms with Gasteiger partial charge in [0.25, 0.3) is 0 Å². The van der Waals surface area contributed by atoms with E-state index >= 15 is 0 Å². The van der Waals surface area contributed by atoms with Crippen molar-refractivity contribution in [2.24, 2.45) is 5.92 Å². The number of rotatable bonds is 12. The van der Waals surface area contributed by atoms with Gasteiger partial charge in [0.2, 0.25) is 21.8 Å². The molecule has 0 unspecified atom stereocenters. The Morgan fingerprint density at radius 1 is 1.00 bits per heavy atom. The van der Waals surface area contributed by atoms with Crippen LogP contribution in [0, 0.1) is 12.8 Å². The Morgan fingerprint density at radius 3 is 2.18 bits per heavy atom. The number of aryl methyl sites for hydroxylation is 1. The minimum Gasteiger partial charge on any atom is -0.354 e. The lowest BCUT2D eigenvalue weighted by molar-refractivity contribution is -0.140. The van der Waals surface area contributed by atoms with Crippen molar-refractivity contribution in [1.29, 1.82) is 0 Å². The van der Waals surface area contributed by atoms with E-state index in [4.69, 9.17) is 0 Å². The zero-order valence-corrected chi connectivity index (χ0v) is 21.6. The smallest absolute Gasteiger partial charge is 0.243 e. The highest BCUT2D eigenvalue weighted by Gasteiger charge is 2.31. The monoisotopic (exact) mass is 487 g/mol. The van der Waals surface area contributed by atoms with Crippen molar-refractivity contribution >= 4 is 21.8 Å². The Kier molecular flexibility index (Phi) is 10.3. The summed E-state index contributed by atoms with van der Waals surface area (Å²) in [6.07, 6.45) is 0.994. The summed E-state index contributed by atoms with van der Waals surface area (Å²) in [5.74, 6) is -0.344. The van der Waals surface area contributed by atoms with Gasteiger partial charge in [0.1, 0.15) is 6.04 Å². The summed E-state index contributed by atoms with van der Waals surface area (Å²) < 4.78 is 27.1. The SMILES string of the molecule is CC[C@@H](C(=O)NCC(C)C)N(CCc1ccccc1)C(=O)CN(C)S(=O)(=O)c1ccc(C)cc1. The molecule has 2 aromatic rings. The van der Waals surface area contributed by atoms with Crippen LogP contribution in [0.4, 0.5) is 0 Å². The molecule has 0 saturated carbocycles. The van der Waals surface area contributed by atoms with E-state index in [1.807, 2.05) is 58.0 Å². The predicted molar refractivity (Wildman–Crippen MR) is 135 cm³/mol. The number of hydrogen-bond acceptors (Lipinski definition) is 4. The highest BCUT2D eigenvalue weighted by Crippen LogP contribution is 2.16. The number of sulfonamides is 1. The standard InChI is InChI=1S/C26H37N3O4S/c1-6-24(26(31)27-18-20(2)3)29(17-16-22-10-8-7-9-11-22)25(30)19-28(5)34(32,33)23-14-12-21(4)13-15-23/h7-15,20,24H,6,16-19H2,1-5H3,(H,27,31)/t24-/m0/s1.